The highest BCUT2D eigenvalue weighted by molar-refractivity contribution is 9.10. The molecule has 2 aromatic carbocycles. The van der Waals surface area contributed by atoms with Crippen LogP contribution >= 0.6 is 27.5 Å². The van der Waals surface area contributed by atoms with Gasteiger partial charge in [-0.15, -0.1) is 0 Å². The van der Waals surface area contributed by atoms with Crippen LogP contribution in [0.15, 0.2) is 40.9 Å². The zero-order valence-corrected chi connectivity index (χ0v) is 13.5. The number of para-hydroxylation sites is 1. The summed E-state index contributed by atoms with van der Waals surface area (Å²) in [7, 11) is 0. The number of halogens is 2. The van der Waals surface area contributed by atoms with Gasteiger partial charge in [-0.3, -0.25) is 4.79 Å². The standard InChI is InChI=1S/C16H13BrClNO2/c17-13-9-11(18)6-7-12(13)16(21)19-8-2-4-10-3-1-5-14(20)15(10)19/h1,3,5-7,9,20H,2,4,8H2. The molecular formula is C16H13BrClNO2. The van der Waals surface area contributed by atoms with Crippen LogP contribution in [0.4, 0.5) is 5.69 Å². The summed E-state index contributed by atoms with van der Waals surface area (Å²) in [4.78, 5) is 14.4. The number of hydrogen-bond donors (Lipinski definition) is 1. The maximum absolute atomic E-state index is 12.8. The average Bonchev–Trinajstić information content (AvgIpc) is 2.46. The fraction of sp³-hybridized carbons (Fsp3) is 0.188. The number of amides is 1. The maximum Gasteiger partial charge on any atom is 0.259 e. The molecule has 1 aliphatic rings. The molecule has 0 radical (unpaired) electrons. The summed E-state index contributed by atoms with van der Waals surface area (Å²) in [6.07, 6.45) is 1.75. The van der Waals surface area contributed by atoms with Gasteiger partial charge in [-0.2, -0.15) is 0 Å². The van der Waals surface area contributed by atoms with Gasteiger partial charge in [0.05, 0.1) is 11.3 Å². The zero-order valence-electron chi connectivity index (χ0n) is 11.1. The van der Waals surface area contributed by atoms with E-state index >= 15 is 0 Å². The van der Waals surface area contributed by atoms with Gasteiger partial charge >= 0.3 is 0 Å². The number of benzene rings is 2. The first-order valence-corrected chi connectivity index (χ1v) is 7.83. The molecule has 1 amide bonds. The van der Waals surface area contributed by atoms with E-state index in [1.165, 1.54) is 0 Å². The summed E-state index contributed by atoms with van der Waals surface area (Å²) in [5, 5.41) is 10.7. The van der Waals surface area contributed by atoms with Crippen LogP contribution in [0.5, 0.6) is 5.75 Å². The highest BCUT2D eigenvalue weighted by atomic mass is 79.9. The Bertz CT molecular complexity index is 717. The van der Waals surface area contributed by atoms with Crippen molar-refractivity contribution in [2.24, 2.45) is 0 Å². The Hall–Kier alpha value is -1.52. The zero-order chi connectivity index (χ0) is 15.0. The van der Waals surface area contributed by atoms with Gasteiger partial charge < -0.3 is 10.0 Å². The van der Waals surface area contributed by atoms with Crippen molar-refractivity contribution in [3.05, 3.63) is 57.0 Å². The molecule has 0 saturated heterocycles. The van der Waals surface area contributed by atoms with Crippen LogP contribution in [0.1, 0.15) is 22.3 Å². The van der Waals surface area contributed by atoms with Crippen LogP contribution in [0.3, 0.4) is 0 Å². The Balaban J connectivity index is 2.04. The molecule has 3 nitrogen and oxygen atoms in total. The summed E-state index contributed by atoms with van der Waals surface area (Å²) >= 11 is 9.30. The number of rotatable bonds is 1. The van der Waals surface area contributed by atoms with E-state index in [2.05, 4.69) is 15.9 Å². The molecule has 2 aromatic rings. The average molecular weight is 367 g/mol. The second-order valence-corrected chi connectivity index (χ2v) is 6.26. The van der Waals surface area contributed by atoms with Gasteiger partial charge in [0.25, 0.3) is 5.91 Å². The minimum absolute atomic E-state index is 0.138. The molecule has 0 unspecified atom stereocenters. The van der Waals surface area contributed by atoms with E-state index in [9.17, 15) is 9.90 Å². The number of fused-ring (bicyclic) bond motifs is 1. The molecule has 108 valence electrons. The Morgan fingerprint density at radius 2 is 2.10 bits per heavy atom. The van der Waals surface area contributed by atoms with Crippen LogP contribution in [0.2, 0.25) is 5.02 Å². The summed E-state index contributed by atoms with van der Waals surface area (Å²) in [5.41, 5.74) is 2.16. The van der Waals surface area contributed by atoms with Crippen LogP contribution in [0.25, 0.3) is 0 Å². The van der Waals surface area contributed by atoms with Gasteiger partial charge in [0.15, 0.2) is 0 Å². The number of aryl methyl sites for hydroxylation is 1. The molecule has 21 heavy (non-hydrogen) atoms. The Kier molecular flexibility index (Phi) is 3.91. The molecule has 3 rings (SSSR count). The van der Waals surface area contributed by atoms with Crippen molar-refractivity contribution < 1.29 is 9.90 Å². The smallest absolute Gasteiger partial charge is 0.259 e. The van der Waals surface area contributed by atoms with E-state index < -0.39 is 0 Å². The molecule has 5 heteroatoms. The first kappa shape index (κ1) is 14.4. The summed E-state index contributed by atoms with van der Waals surface area (Å²) in [6, 6.07) is 10.5. The van der Waals surface area contributed by atoms with E-state index in [0.29, 0.717) is 27.3 Å². The third-order valence-corrected chi connectivity index (χ3v) is 4.49. The maximum atomic E-state index is 12.8. The van der Waals surface area contributed by atoms with Crippen LogP contribution in [-0.4, -0.2) is 17.6 Å². The van der Waals surface area contributed by atoms with Crippen molar-refractivity contribution in [1.29, 1.82) is 0 Å². The predicted molar refractivity (Wildman–Crippen MR) is 87.3 cm³/mol. The Morgan fingerprint density at radius 3 is 2.86 bits per heavy atom. The molecule has 1 N–H and O–H groups in total. The second kappa shape index (κ2) is 5.70. The van der Waals surface area contributed by atoms with Gasteiger partial charge in [0, 0.05) is 16.0 Å². The lowest BCUT2D eigenvalue weighted by molar-refractivity contribution is 0.0983. The number of carbonyl (C=O) groups excluding carboxylic acids is 1. The van der Waals surface area contributed by atoms with Crippen molar-refractivity contribution in [1.82, 2.24) is 0 Å². The first-order chi connectivity index (χ1) is 10.1. The molecule has 0 bridgehead atoms. The van der Waals surface area contributed by atoms with Gasteiger partial charge in [-0.05, 0) is 58.6 Å². The van der Waals surface area contributed by atoms with Gasteiger partial charge in [0.1, 0.15) is 5.75 Å². The van der Waals surface area contributed by atoms with Crippen molar-refractivity contribution in [2.45, 2.75) is 12.8 Å². The third kappa shape index (κ3) is 2.65. The van der Waals surface area contributed by atoms with E-state index in [4.69, 9.17) is 11.6 Å². The molecular weight excluding hydrogens is 354 g/mol. The number of phenols is 1. The second-order valence-electron chi connectivity index (χ2n) is 4.97. The molecule has 0 spiro atoms. The molecule has 0 aliphatic carbocycles. The van der Waals surface area contributed by atoms with Crippen molar-refractivity contribution in [2.75, 3.05) is 11.4 Å². The Morgan fingerprint density at radius 1 is 1.29 bits per heavy atom. The largest absolute Gasteiger partial charge is 0.506 e. The highest BCUT2D eigenvalue weighted by Gasteiger charge is 2.27. The number of phenolic OH excluding ortho intramolecular Hbond substituents is 1. The van der Waals surface area contributed by atoms with Gasteiger partial charge in [-0.1, -0.05) is 23.7 Å². The third-order valence-electron chi connectivity index (χ3n) is 3.60. The number of hydrogen-bond acceptors (Lipinski definition) is 2. The minimum Gasteiger partial charge on any atom is -0.506 e. The van der Waals surface area contributed by atoms with E-state index in [1.54, 1.807) is 35.2 Å². The van der Waals surface area contributed by atoms with Crippen LogP contribution < -0.4 is 4.90 Å². The van der Waals surface area contributed by atoms with Gasteiger partial charge in [-0.25, -0.2) is 0 Å². The van der Waals surface area contributed by atoms with Gasteiger partial charge in [0.2, 0.25) is 0 Å². The van der Waals surface area contributed by atoms with Crippen LogP contribution in [-0.2, 0) is 6.42 Å². The molecule has 0 fully saturated rings. The normalized spacial score (nSPS) is 13.9. The predicted octanol–water partition coefficient (Wildman–Crippen LogP) is 4.40. The summed E-state index contributed by atoms with van der Waals surface area (Å²) in [6.45, 7) is 0.596. The molecule has 0 aromatic heterocycles. The lowest BCUT2D eigenvalue weighted by atomic mass is 10.00. The molecule has 1 aliphatic heterocycles. The Labute approximate surface area is 136 Å². The fourth-order valence-electron chi connectivity index (χ4n) is 2.64. The highest BCUT2D eigenvalue weighted by Crippen LogP contribution is 2.37. The summed E-state index contributed by atoms with van der Waals surface area (Å²) < 4.78 is 0.655. The molecule has 1 heterocycles. The van der Waals surface area contributed by atoms with Crippen LogP contribution in [0, 0.1) is 0 Å². The topological polar surface area (TPSA) is 40.5 Å². The molecule has 0 atom stereocenters. The van der Waals surface area contributed by atoms with Crippen molar-refractivity contribution >= 4 is 39.1 Å². The minimum atomic E-state index is -0.138. The number of anilines is 1. The van der Waals surface area contributed by atoms with E-state index in [0.717, 1.165) is 18.4 Å². The van der Waals surface area contributed by atoms with E-state index in [1.807, 2.05) is 6.07 Å². The monoisotopic (exact) mass is 365 g/mol. The first-order valence-electron chi connectivity index (χ1n) is 6.65. The van der Waals surface area contributed by atoms with E-state index in [-0.39, 0.29) is 11.7 Å². The molecule has 0 saturated carbocycles. The van der Waals surface area contributed by atoms with Crippen molar-refractivity contribution in [3.8, 4) is 5.75 Å². The lowest BCUT2D eigenvalue weighted by Crippen LogP contribution is -2.35. The SMILES string of the molecule is O=C(c1ccc(Cl)cc1Br)N1CCCc2cccc(O)c21. The fourth-order valence-corrected chi connectivity index (χ4v) is 3.49. The quantitative estimate of drug-likeness (QED) is 0.812. The number of carbonyl (C=O) groups is 1. The summed E-state index contributed by atoms with van der Waals surface area (Å²) in [5.74, 6) is 0.00614. The van der Waals surface area contributed by atoms with Crippen molar-refractivity contribution in [3.63, 3.8) is 0 Å². The lowest BCUT2D eigenvalue weighted by Gasteiger charge is -2.30. The number of aromatic hydroxyl groups is 1. The number of nitrogens with zero attached hydrogens (tertiary/aromatic N) is 1.